The predicted molar refractivity (Wildman–Crippen MR) is 105 cm³/mol. The van der Waals surface area contributed by atoms with Crippen molar-refractivity contribution in [3.05, 3.63) is 48.0 Å². The van der Waals surface area contributed by atoms with Crippen molar-refractivity contribution in [2.45, 2.75) is 36.0 Å². The zero-order chi connectivity index (χ0) is 22.4. The second-order valence-corrected chi connectivity index (χ2v) is 10.6. The summed E-state index contributed by atoms with van der Waals surface area (Å²) in [6.45, 7) is 0.147. The van der Waals surface area contributed by atoms with Crippen LogP contribution in [-0.2, 0) is 26.6 Å². The molecule has 2 heterocycles. The van der Waals surface area contributed by atoms with E-state index in [1.807, 2.05) is 4.90 Å². The molecule has 168 valence electrons. The lowest BCUT2D eigenvalue weighted by molar-refractivity contribution is -0.0448. The van der Waals surface area contributed by atoms with Gasteiger partial charge in [0.1, 0.15) is 16.4 Å². The summed E-state index contributed by atoms with van der Waals surface area (Å²) >= 11 is 0. The van der Waals surface area contributed by atoms with Crippen LogP contribution in [0.3, 0.4) is 0 Å². The van der Waals surface area contributed by atoms with Crippen LogP contribution in [0.1, 0.15) is 18.4 Å². The molecule has 0 saturated carbocycles. The van der Waals surface area contributed by atoms with Gasteiger partial charge in [0.15, 0.2) is 0 Å². The Kier molecular flexibility index (Phi) is 5.40. The Hall–Kier alpha value is -2.35. The number of benzene rings is 2. The van der Waals surface area contributed by atoms with E-state index < -0.39 is 32.1 Å². The summed E-state index contributed by atoms with van der Waals surface area (Å²) in [6.07, 6.45) is 1.33. The highest BCUT2D eigenvalue weighted by molar-refractivity contribution is 7.90. The molecule has 0 bridgehead atoms. The van der Waals surface area contributed by atoms with Crippen LogP contribution in [0.2, 0.25) is 0 Å². The Labute approximate surface area is 177 Å². The predicted octanol–water partition coefficient (Wildman–Crippen LogP) is 2.64. The van der Waals surface area contributed by atoms with Crippen molar-refractivity contribution in [2.24, 2.45) is 0 Å². The summed E-state index contributed by atoms with van der Waals surface area (Å²) in [5.41, 5.74) is -4.58. The normalized spacial score (nSPS) is 20.2. The van der Waals surface area contributed by atoms with Crippen LogP contribution in [0, 0.1) is 0 Å². The minimum atomic E-state index is -5.47. The molecule has 4 rings (SSSR count). The summed E-state index contributed by atoms with van der Waals surface area (Å²) < 4.78 is 94.6. The van der Waals surface area contributed by atoms with Gasteiger partial charge in [0.05, 0.1) is 11.9 Å². The molecule has 0 aliphatic carbocycles. The molecular formula is C18H18F3N3O5S2. The molecule has 0 amide bonds. The summed E-state index contributed by atoms with van der Waals surface area (Å²) in [5, 5.41) is 0. The molecule has 13 heteroatoms. The van der Waals surface area contributed by atoms with Crippen molar-refractivity contribution in [3.63, 3.8) is 0 Å². The van der Waals surface area contributed by atoms with E-state index in [9.17, 15) is 30.0 Å². The standard InChI is InChI=1S/C18H18F3N3O5S2/c19-18(20,21)31(27,28)22-11-12-3-1-4-13(9-12)29-14-6-7-15-16(10-14)30(25,26)23-17-5-2-8-24(15)17/h1,3-4,6-7,9-10,17,22-23H,2,5,8,11H2. The Bertz CT molecular complexity index is 1220. The van der Waals surface area contributed by atoms with Crippen LogP contribution in [0.4, 0.5) is 18.9 Å². The van der Waals surface area contributed by atoms with Crippen molar-refractivity contribution >= 4 is 25.7 Å². The zero-order valence-electron chi connectivity index (χ0n) is 15.9. The summed E-state index contributed by atoms with van der Waals surface area (Å²) in [7, 11) is -9.18. The van der Waals surface area contributed by atoms with E-state index in [2.05, 4.69) is 4.72 Å². The maximum Gasteiger partial charge on any atom is 0.511 e. The number of sulfonamides is 2. The molecule has 31 heavy (non-hydrogen) atoms. The highest BCUT2D eigenvalue weighted by Crippen LogP contribution is 2.38. The Balaban J connectivity index is 1.54. The van der Waals surface area contributed by atoms with Crippen molar-refractivity contribution in [1.29, 1.82) is 0 Å². The van der Waals surface area contributed by atoms with E-state index in [-0.39, 0.29) is 28.1 Å². The number of fused-ring (bicyclic) bond motifs is 3. The largest absolute Gasteiger partial charge is 0.511 e. The number of halogens is 3. The third-order valence-corrected chi connectivity index (χ3v) is 7.60. The number of nitrogens with zero attached hydrogens (tertiary/aromatic N) is 1. The first kappa shape index (κ1) is 21.9. The van der Waals surface area contributed by atoms with Crippen LogP contribution in [0.5, 0.6) is 11.5 Å². The second kappa shape index (κ2) is 7.65. The average molecular weight is 477 g/mol. The molecule has 0 spiro atoms. The fraction of sp³-hybridized carbons (Fsp3) is 0.333. The molecule has 1 unspecified atom stereocenters. The lowest BCUT2D eigenvalue weighted by Gasteiger charge is -2.33. The van der Waals surface area contributed by atoms with E-state index in [1.54, 1.807) is 12.1 Å². The first-order valence-corrected chi connectivity index (χ1v) is 12.2. The molecule has 1 saturated heterocycles. The van der Waals surface area contributed by atoms with Gasteiger partial charge in [-0.1, -0.05) is 12.1 Å². The van der Waals surface area contributed by atoms with Crippen molar-refractivity contribution in [1.82, 2.24) is 9.44 Å². The number of anilines is 1. The minimum Gasteiger partial charge on any atom is -0.457 e. The molecule has 1 atom stereocenters. The molecular weight excluding hydrogens is 459 g/mol. The fourth-order valence-electron chi connectivity index (χ4n) is 3.55. The number of rotatable bonds is 5. The van der Waals surface area contributed by atoms with Gasteiger partial charge >= 0.3 is 15.5 Å². The van der Waals surface area contributed by atoms with Gasteiger partial charge in [-0.25, -0.2) is 21.6 Å². The van der Waals surface area contributed by atoms with Gasteiger partial charge in [0, 0.05) is 19.2 Å². The number of hydrogen-bond acceptors (Lipinski definition) is 6. The van der Waals surface area contributed by atoms with Gasteiger partial charge in [0.25, 0.3) is 0 Å². The second-order valence-electron chi connectivity index (χ2n) is 7.12. The molecule has 2 N–H and O–H groups in total. The van der Waals surface area contributed by atoms with Gasteiger partial charge in [-0.3, -0.25) is 0 Å². The maximum atomic E-state index is 12.6. The maximum absolute atomic E-state index is 12.6. The van der Waals surface area contributed by atoms with Crippen molar-refractivity contribution in [2.75, 3.05) is 11.4 Å². The van der Waals surface area contributed by atoms with Gasteiger partial charge < -0.3 is 9.64 Å². The quantitative estimate of drug-likeness (QED) is 0.686. The molecule has 8 nitrogen and oxygen atoms in total. The van der Waals surface area contributed by atoms with Gasteiger partial charge in [-0.15, -0.1) is 0 Å². The zero-order valence-corrected chi connectivity index (χ0v) is 17.5. The van der Waals surface area contributed by atoms with Crippen molar-refractivity contribution < 1.29 is 34.7 Å². The molecule has 2 aliphatic heterocycles. The van der Waals surface area contributed by atoms with E-state index in [0.717, 1.165) is 19.4 Å². The third kappa shape index (κ3) is 4.35. The van der Waals surface area contributed by atoms with E-state index in [4.69, 9.17) is 4.74 Å². The summed E-state index contributed by atoms with van der Waals surface area (Å²) in [6, 6.07) is 10.4. The lowest BCUT2D eigenvalue weighted by Crippen LogP contribution is -2.48. The summed E-state index contributed by atoms with van der Waals surface area (Å²) in [5.74, 6) is 0.429. The SMILES string of the molecule is O=S1(=O)NC2CCCN2c2ccc(Oc3cccc(CNS(=O)(=O)C(F)(F)F)c3)cc21. The average Bonchev–Trinajstić information content (AvgIpc) is 3.13. The molecule has 0 radical (unpaired) electrons. The minimum absolute atomic E-state index is 0.0808. The first-order valence-electron chi connectivity index (χ1n) is 9.22. The number of nitrogens with one attached hydrogen (secondary N) is 2. The van der Waals surface area contributed by atoms with Gasteiger partial charge in [-0.05, 0) is 42.7 Å². The molecule has 0 aromatic heterocycles. The first-order chi connectivity index (χ1) is 14.5. The van der Waals surface area contributed by atoms with Crippen LogP contribution in [-0.4, -0.2) is 35.1 Å². The Morgan fingerprint density at radius 3 is 2.65 bits per heavy atom. The lowest BCUT2D eigenvalue weighted by atomic mass is 10.2. The smallest absolute Gasteiger partial charge is 0.457 e. The molecule has 2 aromatic rings. The van der Waals surface area contributed by atoms with E-state index in [1.165, 1.54) is 35.1 Å². The fourth-order valence-corrected chi connectivity index (χ4v) is 5.53. The van der Waals surface area contributed by atoms with Crippen LogP contribution >= 0.6 is 0 Å². The van der Waals surface area contributed by atoms with Crippen LogP contribution in [0.25, 0.3) is 0 Å². The van der Waals surface area contributed by atoms with Crippen molar-refractivity contribution in [3.8, 4) is 11.5 Å². The number of alkyl halides is 3. The van der Waals surface area contributed by atoms with E-state index >= 15 is 0 Å². The number of hydrogen-bond donors (Lipinski definition) is 2. The Morgan fingerprint density at radius 1 is 1.16 bits per heavy atom. The molecule has 2 aliphatic rings. The van der Waals surface area contributed by atoms with Crippen LogP contribution in [0.15, 0.2) is 47.4 Å². The Morgan fingerprint density at radius 2 is 1.90 bits per heavy atom. The molecule has 2 aromatic carbocycles. The number of ether oxygens (including phenoxy) is 1. The van der Waals surface area contributed by atoms with E-state index in [0.29, 0.717) is 5.69 Å². The topological polar surface area (TPSA) is 105 Å². The monoisotopic (exact) mass is 477 g/mol. The van der Waals surface area contributed by atoms with Gasteiger partial charge in [0.2, 0.25) is 10.0 Å². The van der Waals surface area contributed by atoms with Gasteiger partial charge in [-0.2, -0.15) is 17.9 Å². The highest BCUT2D eigenvalue weighted by Gasteiger charge is 2.45. The summed E-state index contributed by atoms with van der Waals surface area (Å²) in [4.78, 5) is 2.06. The van der Waals surface area contributed by atoms with Crippen LogP contribution < -0.4 is 19.1 Å². The molecule has 1 fully saturated rings. The highest BCUT2D eigenvalue weighted by atomic mass is 32.2. The third-order valence-electron chi connectivity index (χ3n) is 4.98.